The van der Waals surface area contributed by atoms with Crippen molar-refractivity contribution in [1.82, 2.24) is 4.57 Å². The van der Waals surface area contributed by atoms with E-state index in [2.05, 4.69) is 57.7 Å². The number of allylic oxidation sites excluding steroid dienone is 1. The number of ether oxygens (including phenoxy) is 2. The average molecular weight is 549 g/mol. The summed E-state index contributed by atoms with van der Waals surface area (Å²) in [6.45, 7) is 0.210. The standard InChI is InChI=1S/C26H17BrN2O3S2/c27-18-12-20-19(31-13-32-20)10-15(18)11-22-25(30)29-24(21-6-3-9-33-21)17-8-7-14-4-1-2-5-16(14)23(17)28-26(29)34-22/h1-6,9-12,24H,7-8,13H2/b22-11+/t24-/m0/s1. The van der Waals surface area contributed by atoms with Gasteiger partial charge in [0.1, 0.15) is 0 Å². The molecule has 7 rings (SSSR count). The van der Waals surface area contributed by atoms with E-state index in [9.17, 15) is 4.79 Å². The summed E-state index contributed by atoms with van der Waals surface area (Å²) in [7, 11) is 0. The van der Waals surface area contributed by atoms with E-state index in [1.807, 2.05) is 22.8 Å². The first-order valence-electron chi connectivity index (χ1n) is 10.9. The number of halogens is 1. The Morgan fingerprint density at radius 1 is 1.09 bits per heavy atom. The molecule has 5 nitrogen and oxygen atoms in total. The van der Waals surface area contributed by atoms with Crippen molar-refractivity contribution < 1.29 is 9.47 Å². The van der Waals surface area contributed by atoms with E-state index in [0.29, 0.717) is 16.0 Å². The molecular weight excluding hydrogens is 532 g/mol. The number of thiazole rings is 1. The maximum Gasteiger partial charge on any atom is 0.271 e. The fourth-order valence-corrected chi connectivity index (χ4v) is 7.18. The van der Waals surface area contributed by atoms with Crippen LogP contribution in [-0.4, -0.2) is 11.4 Å². The second-order valence-corrected chi connectivity index (χ2v) is 11.2. The number of benzene rings is 2. The van der Waals surface area contributed by atoms with Crippen LogP contribution in [0.3, 0.4) is 0 Å². The lowest BCUT2D eigenvalue weighted by atomic mass is 9.85. The van der Waals surface area contributed by atoms with Crippen LogP contribution < -0.4 is 24.4 Å². The molecule has 4 heterocycles. The summed E-state index contributed by atoms with van der Waals surface area (Å²) in [5, 5.41) is 2.08. The summed E-state index contributed by atoms with van der Waals surface area (Å²) >= 11 is 6.74. The van der Waals surface area contributed by atoms with Crippen molar-refractivity contribution in [2.45, 2.75) is 18.9 Å². The van der Waals surface area contributed by atoms with Gasteiger partial charge in [-0.2, -0.15) is 0 Å². The van der Waals surface area contributed by atoms with E-state index in [1.54, 1.807) is 11.3 Å². The summed E-state index contributed by atoms with van der Waals surface area (Å²) in [4.78, 5) is 20.7. The summed E-state index contributed by atoms with van der Waals surface area (Å²) < 4.78 is 14.4. The molecule has 2 aromatic carbocycles. The van der Waals surface area contributed by atoms with E-state index in [-0.39, 0.29) is 18.4 Å². The molecule has 0 saturated carbocycles. The second-order valence-electron chi connectivity index (χ2n) is 8.36. The minimum absolute atomic E-state index is 0.0166. The molecule has 4 aromatic rings. The molecule has 2 aromatic heterocycles. The zero-order valence-electron chi connectivity index (χ0n) is 17.8. The van der Waals surface area contributed by atoms with E-state index in [4.69, 9.17) is 14.5 Å². The number of thiophene rings is 1. The largest absolute Gasteiger partial charge is 0.454 e. The van der Waals surface area contributed by atoms with Gasteiger partial charge in [0, 0.05) is 14.9 Å². The van der Waals surface area contributed by atoms with Crippen LogP contribution in [0.4, 0.5) is 0 Å². The normalized spacial score (nSPS) is 18.4. The Morgan fingerprint density at radius 3 is 2.79 bits per heavy atom. The topological polar surface area (TPSA) is 52.8 Å². The fourth-order valence-electron chi connectivity index (χ4n) is 4.90. The first-order valence-corrected chi connectivity index (χ1v) is 13.4. The smallest absolute Gasteiger partial charge is 0.271 e. The number of rotatable bonds is 2. The summed E-state index contributed by atoms with van der Waals surface area (Å²) in [5.41, 5.74) is 5.61. The van der Waals surface area contributed by atoms with Crippen molar-refractivity contribution in [3.05, 3.63) is 105 Å². The molecule has 0 N–H and O–H groups in total. The van der Waals surface area contributed by atoms with Crippen LogP contribution in [0.2, 0.25) is 0 Å². The van der Waals surface area contributed by atoms with Gasteiger partial charge in [-0.3, -0.25) is 9.36 Å². The van der Waals surface area contributed by atoms with Crippen LogP contribution in [-0.2, 0) is 6.42 Å². The van der Waals surface area contributed by atoms with Crippen LogP contribution >= 0.6 is 38.6 Å². The Morgan fingerprint density at radius 2 is 1.94 bits per heavy atom. The van der Waals surface area contributed by atoms with Crippen molar-refractivity contribution in [3.63, 3.8) is 0 Å². The maximum atomic E-state index is 13.8. The van der Waals surface area contributed by atoms with Gasteiger partial charge in [0.25, 0.3) is 5.56 Å². The molecule has 8 heteroatoms. The van der Waals surface area contributed by atoms with E-state index in [1.165, 1.54) is 32.9 Å². The van der Waals surface area contributed by atoms with Crippen molar-refractivity contribution in [2.75, 3.05) is 6.79 Å². The monoisotopic (exact) mass is 548 g/mol. The fraction of sp³-hybridized carbons (Fsp3) is 0.154. The van der Waals surface area contributed by atoms with E-state index >= 15 is 0 Å². The molecule has 168 valence electrons. The molecule has 1 atom stereocenters. The number of aryl methyl sites for hydroxylation is 1. The minimum atomic E-state index is -0.123. The van der Waals surface area contributed by atoms with Crippen LogP contribution in [0.25, 0.3) is 11.8 Å². The summed E-state index contributed by atoms with van der Waals surface area (Å²) in [5.74, 6) is 1.39. The Hall–Kier alpha value is -2.94. The number of fused-ring (bicyclic) bond motifs is 4. The highest BCUT2D eigenvalue weighted by Crippen LogP contribution is 2.42. The van der Waals surface area contributed by atoms with Crippen LogP contribution in [0.15, 0.2) is 73.7 Å². The van der Waals surface area contributed by atoms with Gasteiger partial charge < -0.3 is 9.47 Å². The van der Waals surface area contributed by atoms with Crippen LogP contribution in [0.5, 0.6) is 11.5 Å². The van der Waals surface area contributed by atoms with Gasteiger partial charge in [-0.1, -0.05) is 57.6 Å². The first-order chi connectivity index (χ1) is 16.7. The van der Waals surface area contributed by atoms with Gasteiger partial charge in [0.2, 0.25) is 6.79 Å². The molecule has 34 heavy (non-hydrogen) atoms. The minimum Gasteiger partial charge on any atom is -0.454 e. The molecule has 1 aliphatic carbocycles. The summed E-state index contributed by atoms with van der Waals surface area (Å²) in [6, 6.07) is 16.3. The lowest BCUT2D eigenvalue weighted by molar-refractivity contribution is 0.174. The maximum absolute atomic E-state index is 13.8. The van der Waals surface area contributed by atoms with E-state index < -0.39 is 0 Å². The van der Waals surface area contributed by atoms with Gasteiger partial charge in [0.05, 0.1) is 16.3 Å². The predicted molar refractivity (Wildman–Crippen MR) is 137 cm³/mol. The molecule has 0 radical (unpaired) electrons. The lowest BCUT2D eigenvalue weighted by Gasteiger charge is -2.30. The van der Waals surface area contributed by atoms with Crippen molar-refractivity contribution in [3.8, 4) is 11.5 Å². The van der Waals surface area contributed by atoms with Gasteiger partial charge >= 0.3 is 0 Å². The zero-order valence-corrected chi connectivity index (χ0v) is 21.0. The molecule has 0 unspecified atom stereocenters. The van der Waals surface area contributed by atoms with Gasteiger partial charge in [0.15, 0.2) is 16.3 Å². The number of hydrogen-bond acceptors (Lipinski definition) is 6. The lowest BCUT2D eigenvalue weighted by Crippen LogP contribution is -2.38. The third-order valence-corrected chi connectivity index (χ3v) is 9.06. The van der Waals surface area contributed by atoms with Crippen LogP contribution in [0.1, 0.15) is 34.0 Å². The molecular formula is C26H17BrN2O3S2. The highest BCUT2D eigenvalue weighted by Gasteiger charge is 2.33. The third-order valence-electron chi connectivity index (χ3n) is 6.46. The summed E-state index contributed by atoms with van der Waals surface area (Å²) in [6.07, 6.45) is 3.77. The molecule has 0 fully saturated rings. The average Bonchev–Trinajstić information content (AvgIpc) is 3.60. The molecule has 2 aliphatic heterocycles. The Labute approximate surface area is 211 Å². The Bertz CT molecular complexity index is 1680. The number of hydrogen-bond donors (Lipinski definition) is 0. The SMILES string of the molecule is O=c1/c(=C\c2cc3c(cc2Br)OCO3)sc2n1[C@H](c1cccs1)C1=C(N=2)c2ccccc2CC1. The molecule has 3 aliphatic rings. The highest BCUT2D eigenvalue weighted by molar-refractivity contribution is 9.10. The Kier molecular flexibility index (Phi) is 4.69. The molecule has 0 saturated heterocycles. The first kappa shape index (κ1) is 20.4. The highest BCUT2D eigenvalue weighted by atomic mass is 79.9. The third kappa shape index (κ3) is 3.09. The van der Waals surface area contributed by atoms with Crippen molar-refractivity contribution in [1.29, 1.82) is 0 Å². The zero-order chi connectivity index (χ0) is 22.8. The van der Waals surface area contributed by atoms with E-state index in [0.717, 1.165) is 33.4 Å². The number of aromatic nitrogens is 1. The number of nitrogens with zero attached hydrogens (tertiary/aromatic N) is 2. The molecule has 0 spiro atoms. The molecule has 0 bridgehead atoms. The Balaban J connectivity index is 1.47. The quantitative estimate of drug-likeness (QED) is 0.359. The predicted octanol–water partition coefficient (Wildman–Crippen LogP) is 4.87. The van der Waals surface area contributed by atoms with Gasteiger partial charge in [-0.05, 0) is 59.2 Å². The van der Waals surface area contributed by atoms with Gasteiger partial charge in [-0.25, -0.2) is 4.99 Å². The molecule has 0 amide bonds. The van der Waals surface area contributed by atoms with Crippen LogP contribution in [0, 0.1) is 0 Å². The second kappa shape index (κ2) is 7.80. The van der Waals surface area contributed by atoms with Gasteiger partial charge in [-0.15, -0.1) is 11.3 Å². The van der Waals surface area contributed by atoms with Crippen molar-refractivity contribution >= 4 is 50.4 Å². The van der Waals surface area contributed by atoms with Crippen molar-refractivity contribution in [2.24, 2.45) is 4.99 Å².